The van der Waals surface area contributed by atoms with Crippen molar-refractivity contribution >= 4 is 41.1 Å². The summed E-state index contributed by atoms with van der Waals surface area (Å²) in [6.45, 7) is 7.53. The number of amides is 1. The predicted octanol–water partition coefficient (Wildman–Crippen LogP) is 3.59. The molecule has 0 bridgehead atoms. The summed E-state index contributed by atoms with van der Waals surface area (Å²) < 4.78 is 15.7. The molecule has 0 fully saturated rings. The van der Waals surface area contributed by atoms with Crippen LogP contribution in [0.15, 0.2) is 36.1 Å². The molecular formula is C22H22ClFN8O. The molecule has 1 unspecified atom stereocenters. The summed E-state index contributed by atoms with van der Waals surface area (Å²) in [6.07, 6.45) is 4.50. The molecule has 9 nitrogen and oxygen atoms in total. The molecule has 0 aliphatic carbocycles. The van der Waals surface area contributed by atoms with Crippen molar-refractivity contribution in [2.45, 2.75) is 38.6 Å². The van der Waals surface area contributed by atoms with Gasteiger partial charge in [0, 0.05) is 6.20 Å². The van der Waals surface area contributed by atoms with E-state index >= 15 is 0 Å². The molecule has 0 radical (unpaired) electrons. The van der Waals surface area contributed by atoms with E-state index in [0.717, 1.165) is 12.1 Å². The number of nitrogens with two attached hydrogens (primary N) is 1. The second-order valence-corrected chi connectivity index (χ2v) is 8.09. The molecule has 2 aromatic heterocycles. The number of aromatic nitrogens is 5. The first-order valence-electron chi connectivity index (χ1n) is 10.3. The second-order valence-electron chi connectivity index (χ2n) is 7.68. The Morgan fingerprint density at radius 2 is 2.21 bits per heavy atom. The summed E-state index contributed by atoms with van der Waals surface area (Å²) in [5.74, 6) is 0.307. The molecule has 1 aromatic carbocycles. The van der Waals surface area contributed by atoms with Crippen molar-refractivity contribution in [1.82, 2.24) is 24.7 Å². The Hall–Kier alpha value is -3.66. The van der Waals surface area contributed by atoms with E-state index in [0.29, 0.717) is 29.2 Å². The van der Waals surface area contributed by atoms with Gasteiger partial charge in [0.2, 0.25) is 5.91 Å². The number of aliphatic imine (C=N–C) groups is 1. The minimum atomic E-state index is -1.26. The fourth-order valence-electron chi connectivity index (χ4n) is 3.86. The van der Waals surface area contributed by atoms with E-state index in [1.165, 1.54) is 18.5 Å². The van der Waals surface area contributed by atoms with Gasteiger partial charge in [0.25, 0.3) is 0 Å². The standard InChI is InChI=1S/C22H22ClFN8O/c1-4-6-15(20-27-11-28-32(20)5-2)26-10-16-29-18(25)17-19(30-16)31-21(33)22(17,3)12-7-8-13(23)14(24)9-12/h5,7-9,11H,2,4,6,10H2,1,3H3,(H3,25,29,30,31,33)/b26-15-. The van der Waals surface area contributed by atoms with Gasteiger partial charge in [-0.25, -0.2) is 24.0 Å². The first-order chi connectivity index (χ1) is 15.8. The number of halogens is 2. The van der Waals surface area contributed by atoms with Gasteiger partial charge in [0.05, 0.1) is 22.8 Å². The summed E-state index contributed by atoms with van der Waals surface area (Å²) in [6, 6.07) is 4.21. The third-order valence-corrected chi connectivity index (χ3v) is 5.88. The van der Waals surface area contributed by atoms with Crippen LogP contribution >= 0.6 is 11.6 Å². The fraction of sp³-hybridized carbons (Fsp3) is 0.273. The molecular weight excluding hydrogens is 447 g/mol. The average Bonchev–Trinajstić information content (AvgIpc) is 3.36. The second kappa shape index (κ2) is 8.70. The normalized spacial score (nSPS) is 17.7. The van der Waals surface area contributed by atoms with E-state index in [1.807, 2.05) is 6.92 Å². The molecule has 0 spiro atoms. The number of benzene rings is 1. The number of carbonyl (C=O) groups excluding carboxylic acids is 1. The van der Waals surface area contributed by atoms with E-state index in [1.54, 1.807) is 23.9 Å². The number of nitrogens with zero attached hydrogens (tertiary/aromatic N) is 6. The summed E-state index contributed by atoms with van der Waals surface area (Å²) in [7, 11) is 0. The summed E-state index contributed by atoms with van der Waals surface area (Å²) in [5, 5.41) is 6.80. The monoisotopic (exact) mass is 468 g/mol. The van der Waals surface area contributed by atoms with Crippen LogP contribution in [0, 0.1) is 5.82 Å². The summed E-state index contributed by atoms with van der Waals surface area (Å²) in [4.78, 5) is 30.7. The predicted molar refractivity (Wildman–Crippen MR) is 124 cm³/mol. The quantitative estimate of drug-likeness (QED) is 0.510. The maximum atomic E-state index is 14.1. The van der Waals surface area contributed by atoms with Crippen LogP contribution in [0.4, 0.5) is 16.0 Å². The van der Waals surface area contributed by atoms with Crippen molar-refractivity contribution < 1.29 is 9.18 Å². The van der Waals surface area contributed by atoms with E-state index in [2.05, 4.69) is 36.9 Å². The van der Waals surface area contributed by atoms with Gasteiger partial charge in [0.15, 0.2) is 11.6 Å². The van der Waals surface area contributed by atoms with Crippen molar-refractivity contribution in [2.75, 3.05) is 11.1 Å². The zero-order chi connectivity index (χ0) is 23.8. The smallest absolute Gasteiger partial charge is 0.240 e. The van der Waals surface area contributed by atoms with Crippen LogP contribution in [0.5, 0.6) is 0 Å². The van der Waals surface area contributed by atoms with Crippen molar-refractivity contribution in [1.29, 1.82) is 0 Å². The van der Waals surface area contributed by atoms with Gasteiger partial charge in [0.1, 0.15) is 29.2 Å². The number of rotatable bonds is 7. The van der Waals surface area contributed by atoms with Crippen molar-refractivity contribution in [3.05, 3.63) is 64.7 Å². The summed E-state index contributed by atoms with van der Waals surface area (Å²) in [5.41, 5.74) is 6.52. The Labute approximate surface area is 194 Å². The van der Waals surface area contributed by atoms with Gasteiger partial charge in [-0.2, -0.15) is 5.10 Å². The zero-order valence-electron chi connectivity index (χ0n) is 18.1. The molecule has 0 saturated heterocycles. The molecule has 3 aromatic rings. The highest BCUT2D eigenvalue weighted by molar-refractivity contribution is 6.30. The zero-order valence-corrected chi connectivity index (χ0v) is 18.9. The molecule has 11 heteroatoms. The van der Waals surface area contributed by atoms with Crippen molar-refractivity contribution in [3.8, 4) is 0 Å². The van der Waals surface area contributed by atoms with E-state index in [-0.39, 0.29) is 29.1 Å². The van der Waals surface area contributed by atoms with Crippen LogP contribution < -0.4 is 11.1 Å². The van der Waals surface area contributed by atoms with E-state index in [4.69, 9.17) is 17.3 Å². The molecule has 0 saturated carbocycles. The number of hydrogen-bond acceptors (Lipinski definition) is 7. The highest BCUT2D eigenvalue weighted by atomic mass is 35.5. The molecule has 4 rings (SSSR count). The minimum Gasteiger partial charge on any atom is -0.383 e. The van der Waals surface area contributed by atoms with Crippen LogP contribution in [0.1, 0.15) is 49.5 Å². The van der Waals surface area contributed by atoms with Crippen LogP contribution in [0.3, 0.4) is 0 Å². The first-order valence-corrected chi connectivity index (χ1v) is 10.7. The van der Waals surface area contributed by atoms with Gasteiger partial charge < -0.3 is 11.1 Å². The van der Waals surface area contributed by atoms with Crippen LogP contribution in [0.25, 0.3) is 6.20 Å². The van der Waals surface area contributed by atoms with Gasteiger partial charge in [-0.05, 0) is 31.0 Å². The molecule has 1 aliphatic heterocycles. The summed E-state index contributed by atoms with van der Waals surface area (Å²) >= 11 is 5.81. The average molecular weight is 469 g/mol. The molecule has 3 heterocycles. The van der Waals surface area contributed by atoms with E-state index in [9.17, 15) is 9.18 Å². The highest BCUT2D eigenvalue weighted by Gasteiger charge is 2.47. The largest absolute Gasteiger partial charge is 0.383 e. The number of hydrogen-bond donors (Lipinski definition) is 2. The maximum absolute atomic E-state index is 14.1. The molecule has 33 heavy (non-hydrogen) atoms. The molecule has 3 N–H and O–H groups in total. The Kier molecular flexibility index (Phi) is 5.94. The lowest BCUT2D eigenvalue weighted by molar-refractivity contribution is -0.119. The van der Waals surface area contributed by atoms with Gasteiger partial charge in [-0.15, -0.1) is 0 Å². The van der Waals surface area contributed by atoms with Crippen molar-refractivity contribution in [2.24, 2.45) is 4.99 Å². The number of nitrogen functional groups attached to an aromatic ring is 1. The SMILES string of the molecule is C=Cn1ncnc1/C(CCC)=N\Cc1nc(N)c2c(n1)NC(=O)C2(C)c1ccc(Cl)c(F)c1. The number of nitrogens with one attached hydrogen (secondary N) is 1. The Morgan fingerprint density at radius 3 is 2.91 bits per heavy atom. The lowest BCUT2D eigenvalue weighted by Gasteiger charge is -2.23. The number of carbonyl (C=O) groups is 1. The van der Waals surface area contributed by atoms with Crippen molar-refractivity contribution in [3.63, 3.8) is 0 Å². The lowest BCUT2D eigenvalue weighted by Crippen LogP contribution is -2.33. The molecule has 1 amide bonds. The Balaban J connectivity index is 1.71. The van der Waals surface area contributed by atoms with Gasteiger partial charge in [-0.1, -0.05) is 37.6 Å². The lowest BCUT2D eigenvalue weighted by atomic mass is 9.78. The third kappa shape index (κ3) is 3.86. The Bertz CT molecular complexity index is 1290. The van der Waals surface area contributed by atoms with Gasteiger partial charge >= 0.3 is 0 Å². The molecule has 170 valence electrons. The third-order valence-electron chi connectivity index (χ3n) is 5.57. The van der Waals surface area contributed by atoms with E-state index < -0.39 is 11.2 Å². The topological polar surface area (TPSA) is 124 Å². The maximum Gasteiger partial charge on any atom is 0.240 e. The highest BCUT2D eigenvalue weighted by Crippen LogP contribution is 2.44. The number of fused-ring (bicyclic) bond motifs is 1. The van der Waals surface area contributed by atoms with Crippen LogP contribution in [-0.2, 0) is 16.8 Å². The van der Waals surface area contributed by atoms with Crippen LogP contribution in [-0.4, -0.2) is 36.4 Å². The minimum absolute atomic E-state index is 0.0337. The molecule has 1 aliphatic rings. The number of anilines is 2. The van der Waals surface area contributed by atoms with Gasteiger partial charge in [-0.3, -0.25) is 9.79 Å². The first kappa shape index (κ1) is 22.5. The molecule has 1 atom stereocenters. The van der Waals surface area contributed by atoms with Crippen LogP contribution in [0.2, 0.25) is 5.02 Å². The Morgan fingerprint density at radius 1 is 1.42 bits per heavy atom. The fourth-order valence-corrected chi connectivity index (χ4v) is 3.98.